The molecule has 6 nitrogen and oxygen atoms in total. The summed E-state index contributed by atoms with van der Waals surface area (Å²) in [5.41, 5.74) is 0.884. The molecule has 0 aliphatic carbocycles. The minimum absolute atomic E-state index is 0.0237. The third-order valence-electron chi connectivity index (χ3n) is 4.33. The molecule has 0 N–H and O–H groups in total. The standard InChI is InChI=1S/C17H25N5OS/c1-17(2,3)14-4-5-15(23)22(19-14)12-9-20-7-10-21(11-8-20)16-18-6-13-24-16/h4-6,13H,7-12H2,1-3H3. The Kier molecular flexibility index (Phi) is 5.01. The zero-order valence-electron chi connectivity index (χ0n) is 14.6. The second-order valence-corrected chi connectivity index (χ2v) is 8.05. The summed E-state index contributed by atoms with van der Waals surface area (Å²) in [6.45, 7) is 11.8. The Bertz CT molecular complexity index is 711. The van der Waals surface area contributed by atoms with Crippen molar-refractivity contribution in [3.05, 3.63) is 39.8 Å². The van der Waals surface area contributed by atoms with Crippen molar-refractivity contribution in [2.45, 2.75) is 32.7 Å². The van der Waals surface area contributed by atoms with Gasteiger partial charge in [-0.1, -0.05) is 20.8 Å². The number of nitrogens with zero attached hydrogens (tertiary/aromatic N) is 5. The van der Waals surface area contributed by atoms with Crippen molar-refractivity contribution in [3.8, 4) is 0 Å². The molecule has 0 spiro atoms. The van der Waals surface area contributed by atoms with Crippen LogP contribution in [0.5, 0.6) is 0 Å². The maximum Gasteiger partial charge on any atom is 0.266 e. The van der Waals surface area contributed by atoms with Gasteiger partial charge in [0.25, 0.3) is 5.56 Å². The summed E-state index contributed by atoms with van der Waals surface area (Å²) in [5.74, 6) is 0. The Morgan fingerprint density at radius 3 is 2.50 bits per heavy atom. The van der Waals surface area contributed by atoms with E-state index < -0.39 is 0 Å². The van der Waals surface area contributed by atoms with Gasteiger partial charge in [0.05, 0.1) is 12.2 Å². The summed E-state index contributed by atoms with van der Waals surface area (Å²) in [6, 6.07) is 3.47. The highest BCUT2D eigenvalue weighted by atomic mass is 32.1. The zero-order valence-corrected chi connectivity index (χ0v) is 15.4. The van der Waals surface area contributed by atoms with Crippen molar-refractivity contribution in [1.82, 2.24) is 19.7 Å². The van der Waals surface area contributed by atoms with Crippen LogP contribution in [0.15, 0.2) is 28.5 Å². The minimum Gasteiger partial charge on any atom is -0.346 e. The smallest absolute Gasteiger partial charge is 0.266 e. The summed E-state index contributed by atoms with van der Waals surface area (Å²) >= 11 is 1.69. The van der Waals surface area contributed by atoms with Gasteiger partial charge >= 0.3 is 0 Å². The number of thiazole rings is 1. The van der Waals surface area contributed by atoms with Crippen molar-refractivity contribution in [2.75, 3.05) is 37.6 Å². The van der Waals surface area contributed by atoms with Crippen LogP contribution in [0, 0.1) is 0 Å². The Hall–Kier alpha value is -1.73. The van der Waals surface area contributed by atoms with E-state index in [0.717, 1.165) is 43.5 Å². The Balaban J connectivity index is 1.56. The first-order valence-corrected chi connectivity index (χ1v) is 9.27. The van der Waals surface area contributed by atoms with E-state index in [-0.39, 0.29) is 11.0 Å². The van der Waals surface area contributed by atoms with Crippen LogP contribution in [-0.4, -0.2) is 52.4 Å². The molecule has 7 heteroatoms. The molecular weight excluding hydrogens is 322 g/mol. The second-order valence-electron chi connectivity index (χ2n) is 7.17. The molecule has 1 aliphatic heterocycles. The quantitative estimate of drug-likeness (QED) is 0.844. The SMILES string of the molecule is CC(C)(C)c1ccc(=O)n(CCN2CCN(c3nccs3)CC2)n1. The normalized spacial score (nSPS) is 16.5. The van der Waals surface area contributed by atoms with E-state index in [1.807, 2.05) is 17.6 Å². The molecule has 1 saturated heterocycles. The molecule has 0 saturated carbocycles. The third kappa shape index (κ3) is 4.02. The molecule has 2 aromatic heterocycles. The first kappa shape index (κ1) is 17.1. The van der Waals surface area contributed by atoms with Gasteiger partial charge < -0.3 is 4.90 Å². The average Bonchev–Trinajstić information content (AvgIpc) is 3.08. The fraction of sp³-hybridized carbons (Fsp3) is 0.588. The predicted octanol–water partition coefficient (Wildman–Crippen LogP) is 1.82. The van der Waals surface area contributed by atoms with Crippen molar-refractivity contribution in [3.63, 3.8) is 0 Å². The van der Waals surface area contributed by atoms with Gasteiger partial charge in [0.1, 0.15) is 0 Å². The van der Waals surface area contributed by atoms with E-state index in [9.17, 15) is 4.79 Å². The maximum absolute atomic E-state index is 12.0. The minimum atomic E-state index is -0.0468. The summed E-state index contributed by atoms with van der Waals surface area (Å²) in [5, 5.41) is 7.66. The van der Waals surface area contributed by atoms with Gasteiger partial charge in [-0.25, -0.2) is 9.67 Å². The number of hydrogen-bond donors (Lipinski definition) is 0. The second kappa shape index (κ2) is 7.03. The number of aromatic nitrogens is 3. The van der Waals surface area contributed by atoms with E-state index in [1.54, 1.807) is 22.1 Å². The van der Waals surface area contributed by atoms with Gasteiger partial charge in [-0.3, -0.25) is 9.69 Å². The molecule has 0 atom stereocenters. The highest BCUT2D eigenvalue weighted by Gasteiger charge is 2.19. The van der Waals surface area contributed by atoms with Gasteiger partial charge in [-0.15, -0.1) is 11.3 Å². The van der Waals surface area contributed by atoms with Crippen molar-refractivity contribution in [2.24, 2.45) is 0 Å². The predicted molar refractivity (Wildman–Crippen MR) is 98.0 cm³/mol. The summed E-state index contributed by atoms with van der Waals surface area (Å²) in [6.07, 6.45) is 1.85. The zero-order chi connectivity index (χ0) is 17.2. The van der Waals surface area contributed by atoms with Crippen LogP contribution >= 0.6 is 11.3 Å². The fourth-order valence-electron chi connectivity index (χ4n) is 2.78. The number of rotatable bonds is 4. The van der Waals surface area contributed by atoms with Crippen LogP contribution in [0.1, 0.15) is 26.5 Å². The van der Waals surface area contributed by atoms with Crippen LogP contribution < -0.4 is 10.5 Å². The molecule has 2 aromatic rings. The molecule has 3 rings (SSSR count). The Morgan fingerprint density at radius 2 is 1.88 bits per heavy atom. The molecule has 0 unspecified atom stereocenters. The van der Waals surface area contributed by atoms with Crippen LogP contribution in [0.4, 0.5) is 5.13 Å². The monoisotopic (exact) mass is 347 g/mol. The molecule has 0 bridgehead atoms. The molecule has 0 amide bonds. The molecule has 24 heavy (non-hydrogen) atoms. The van der Waals surface area contributed by atoms with E-state index >= 15 is 0 Å². The van der Waals surface area contributed by atoms with Gasteiger partial charge in [0.2, 0.25) is 0 Å². The largest absolute Gasteiger partial charge is 0.346 e. The molecule has 1 aliphatic rings. The van der Waals surface area contributed by atoms with Crippen molar-refractivity contribution >= 4 is 16.5 Å². The van der Waals surface area contributed by atoms with Crippen molar-refractivity contribution < 1.29 is 0 Å². The average molecular weight is 347 g/mol. The number of piperazine rings is 1. The third-order valence-corrected chi connectivity index (χ3v) is 5.16. The van der Waals surface area contributed by atoms with E-state index in [2.05, 4.69) is 40.7 Å². The fourth-order valence-corrected chi connectivity index (χ4v) is 3.48. The Labute approximate surface area is 146 Å². The van der Waals surface area contributed by atoms with Crippen LogP contribution in [0.2, 0.25) is 0 Å². The maximum atomic E-state index is 12.0. The Morgan fingerprint density at radius 1 is 1.12 bits per heavy atom. The van der Waals surface area contributed by atoms with E-state index in [4.69, 9.17) is 0 Å². The summed E-state index contributed by atoms with van der Waals surface area (Å²) < 4.78 is 1.60. The lowest BCUT2D eigenvalue weighted by Gasteiger charge is -2.34. The number of anilines is 1. The molecule has 130 valence electrons. The van der Waals surface area contributed by atoms with Gasteiger partial charge in [-0.05, 0) is 6.07 Å². The first-order valence-electron chi connectivity index (χ1n) is 8.39. The number of hydrogen-bond acceptors (Lipinski definition) is 6. The molecule has 3 heterocycles. The lowest BCUT2D eigenvalue weighted by Crippen LogP contribution is -2.47. The summed E-state index contributed by atoms with van der Waals surface area (Å²) in [4.78, 5) is 21.1. The van der Waals surface area contributed by atoms with Crippen LogP contribution in [-0.2, 0) is 12.0 Å². The molecule has 1 fully saturated rings. The highest BCUT2D eigenvalue weighted by Crippen LogP contribution is 2.19. The molecule has 0 radical (unpaired) electrons. The van der Waals surface area contributed by atoms with Gasteiger partial charge in [0.15, 0.2) is 5.13 Å². The lowest BCUT2D eigenvalue weighted by molar-refractivity contribution is 0.242. The molecular formula is C17H25N5OS. The highest BCUT2D eigenvalue weighted by molar-refractivity contribution is 7.13. The van der Waals surface area contributed by atoms with Gasteiger partial charge in [-0.2, -0.15) is 5.10 Å². The van der Waals surface area contributed by atoms with Crippen LogP contribution in [0.25, 0.3) is 0 Å². The summed E-state index contributed by atoms with van der Waals surface area (Å²) in [7, 11) is 0. The topological polar surface area (TPSA) is 54.3 Å². The van der Waals surface area contributed by atoms with Crippen molar-refractivity contribution in [1.29, 1.82) is 0 Å². The first-order chi connectivity index (χ1) is 11.4. The van der Waals surface area contributed by atoms with E-state index in [1.165, 1.54) is 0 Å². The molecule has 0 aromatic carbocycles. The lowest BCUT2D eigenvalue weighted by atomic mass is 9.92. The van der Waals surface area contributed by atoms with E-state index in [0.29, 0.717) is 6.54 Å². The van der Waals surface area contributed by atoms with Crippen LogP contribution in [0.3, 0.4) is 0 Å². The van der Waals surface area contributed by atoms with Gasteiger partial charge in [0, 0.05) is 55.8 Å².